The van der Waals surface area contributed by atoms with E-state index in [1.807, 2.05) is 6.92 Å². The van der Waals surface area contributed by atoms with Crippen LogP contribution in [0.15, 0.2) is 24.3 Å². The Bertz CT molecular complexity index is 442. The van der Waals surface area contributed by atoms with Gasteiger partial charge in [0.25, 0.3) is 0 Å². The lowest BCUT2D eigenvalue weighted by Gasteiger charge is -2.33. The molecule has 3 nitrogen and oxygen atoms in total. The highest BCUT2D eigenvalue weighted by atomic mass is 19.4. The van der Waals surface area contributed by atoms with E-state index in [1.54, 1.807) is 6.07 Å². The van der Waals surface area contributed by atoms with Crippen LogP contribution in [0, 0.1) is 0 Å². The number of alkyl halides is 3. The number of rotatable bonds is 3. The van der Waals surface area contributed by atoms with Crippen molar-refractivity contribution in [3.63, 3.8) is 0 Å². The van der Waals surface area contributed by atoms with Crippen LogP contribution in [-0.4, -0.2) is 12.2 Å². The first-order valence-electron chi connectivity index (χ1n) is 6.14. The lowest BCUT2D eigenvalue weighted by molar-refractivity contribution is -0.137. The Morgan fingerprint density at radius 3 is 2.68 bits per heavy atom. The van der Waals surface area contributed by atoms with Crippen molar-refractivity contribution in [3.05, 3.63) is 35.4 Å². The quantitative estimate of drug-likeness (QED) is 0.658. The highest BCUT2D eigenvalue weighted by Crippen LogP contribution is 2.38. The molecular weight excluding hydrogens is 257 g/mol. The molecule has 0 saturated carbocycles. The van der Waals surface area contributed by atoms with Gasteiger partial charge in [-0.15, -0.1) is 0 Å². The summed E-state index contributed by atoms with van der Waals surface area (Å²) in [6, 6.07) is 4.73. The third-order valence-corrected chi connectivity index (χ3v) is 3.57. The second-order valence-corrected chi connectivity index (χ2v) is 4.99. The Hall–Kier alpha value is -1.11. The fraction of sp³-hybridized carbons (Fsp3) is 0.538. The summed E-state index contributed by atoms with van der Waals surface area (Å²) in [5.41, 5.74) is 1.83. The van der Waals surface area contributed by atoms with Gasteiger partial charge in [0, 0.05) is 6.61 Å². The van der Waals surface area contributed by atoms with Gasteiger partial charge in [-0.3, -0.25) is 11.3 Å². The zero-order chi connectivity index (χ0) is 14.1. The molecule has 2 rings (SSSR count). The van der Waals surface area contributed by atoms with Crippen molar-refractivity contribution in [1.82, 2.24) is 5.43 Å². The second kappa shape index (κ2) is 5.11. The molecule has 0 aliphatic carbocycles. The number of halogens is 3. The topological polar surface area (TPSA) is 47.3 Å². The monoisotopic (exact) mass is 274 g/mol. The minimum Gasteiger partial charge on any atom is -0.373 e. The molecule has 1 heterocycles. The molecule has 2 atom stereocenters. The zero-order valence-electron chi connectivity index (χ0n) is 10.6. The van der Waals surface area contributed by atoms with Crippen LogP contribution in [0.2, 0.25) is 0 Å². The van der Waals surface area contributed by atoms with Crippen molar-refractivity contribution >= 4 is 0 Å². The van der Waals surface area contributed by atoms with E-state index in [9.17, 15) is 13.2 Å². The molecule has 1 aromatic rings. The molecule has 19 heavy (non-hydrogen) atoms. The van der Waals surface area contributed by atoms with E-state index in [1.165, 1.54) is 6.07 Å². The number of hydrazine groups is 1. The first-order chi connectivity index (χ1) is 8.87. The van der Waals surface area contributed by atoms with Crippen molar-refractivity contribution in [3.8, 4) is 0 Å². The van der Waals surface area contributed by atoms with Crippen LogP contribution in [0.25, 0.3) is 0 Å². The molecule has 1 fully saturated rings. The first kappa shape index (κ1) is 14.3. The molecular formula is C13H17F3N2O. The second-order valence-electron chi connectivity index (χ2n) is 4.99. The molecule has 106 valence electrons. The fourth-order valence-corrected chi connectivity index (χ4v) is 2.55. The number of nitrogens with two attached hydrogens (primary N) is 1. The molecule has 2 unspecified atom stereocenters. The molecule has 0 bridgehead atoms. The molecule has 3 N–H and O–H groups in total. The fourth-order valence-electron chi connectivity index (χ4n) is 2.55. The SMILES string of the molecule is CC1(C(NN)c2cccc(C(F)(F)F)c2)CCCO1. The summed E-state index contributed by atoms with van der Waals surface area (Å²) >= 11 is 0. The molecule has 0 amide bonds. The van der Waals surface area contributed by atoms with Gasteiger partial charge in [0.05, 0.1) is 17.2 Å². The molecule has 0 spiro atoms. The molecule has 6 heteroatoms. The third-order valence-electron chi connectivity index (χ3n) is 3.57. The predicted octanol–water partition coefficient (Wildman–Crippen LogP) is 2.78. The first-order valence-corrected chi connectivity index (χ1v) is 6.14. The van der Waals surface area contributed by atoms with Crippen LogP contribution in [0.3, 0.4) is 0 Å². The zero-order valence-corrected chi connectivity index (χ0v) is 10.6. The van der Waals surface area contributed by atoms with Crippen LogP contribution in [0.5, 0.6) is 0 Å². The van der Waals surface area contributed by atoms with E-state index in [4.69, 9.17) is 10.6 Å². The minimum atomic E-state index is -4.35. The van der Waals surface area contributed by atoms with E-state index in [-0.39, 0.29) is 0 Å². The summed E-state index contributed by atoms with van der Waals surface area (Å²) in [5, 5.41) is 0. The Kier molecular flexibility index (Phi) is 3.85. The van der Waals surface area contributed by atoms with E-state index in [2.05, 4.69) is 5.43 Å². The van der Waals surface area contributed by atoms with Crippen molar-refractivity contribution in [1.29, 1.82) is 0 Å². The minimum absolute atomic E-state index is 0.461. The van der Waals surface area contributed by atoms with Gasteiger partial charge >= 0.3 is 6.18 Å². The van der Waals surface area contributed by atoms with Crippen molar-refractivity contribution in [2.24, 2.45) is 5.84 Å². The largest absolute Gasteiger partial charge is 0.416 e. The summed E-state index contributed by atoms with van der Waals surface area (Å²) in [6.07, 6.45) is -2.71. The number of ether oxygens (including phenoxy) is 1. The van der Waals surface area contributed by atoms with Gasteiger partial charge in [-0.05, 0) is 37.5 Å². The van der Waals surface area contributed by atoms with E-state index in [0.29, 0.717) is 12.2 Å². The number of nitrogens with one attached hydrogen (secondary N) is 1. The summed E-state index contributed by atoms with van der Waals surface area (Å²) in [6.45, 7) is 2.47. The van der Waals surface area contributed by atoms with E-state index in [0.717, 1.165) is 25.0 Å². The van der Waals surface area contributed by atoms with E-state index < -0.39 is 23.4 Å². The van der Waals surface area contributed by atoms with Crippen molar-refractivity contribution in [2.45, 2.75) is 37.6 Å². The summed E-state index contributed by atoms with van der Waals surface area (Å²) in [4.78, 5) is 0. The molecule has 1 aliphatic rings. The molecule has 1 aromatic carbocycles. The van der Waals surface area contributed by atoms with Crippen molar-refractivity contribution < 1.29 is 17.9 Å². The number of benzene rings is 1. The van der Waals surface area contributed by atoms with Gasteiger partial charge in [-0.2, -0.15) is 13.2 Å². The predicted molar refractivity (Wildman–Crippen MR) is 65.1 cm³/mol. The van der Waals surface area contributed by atoms with Gasteiger partial charge < -0.3 is 4.74 Å². The van der Waals surface area contributed by atoms with Gasteiger partial charge in [-0.25, -0.2) is 0 Å². The Labute approximate surface area is 109 Å². The lowest BCUT2D eigenvalue weighted by Crippen LogP contribution is -2.44. The third kappa shape index (κ3) is 2.91. The van der Waals surface area contributed by atoms with Gasteiger partial charge in [0.2, 0.25) is 0 Å². The van der Waals surface area contributed by atoms with Crippen LogP contribution >= 0.6 is 0 Å². The van der Waals surface area contributed by atoms with Crippen LogP contribution in [0.1, 0.15) is 36.9 Å². The normalized spacial score (nSPS) is 25.5. The maximum Gasteiger partial charge on any atom is 0.416 e. The van der Waals surface area contributed by atoms with E-state index >= 15 is 0 Å². The van der Waals surface area contributed by atoms with Gasteiger partial charge in [0.1, 0.15) is 0 Å². The molecule has 0 radical (unpaired) electrons. The Balaban J connectivity index is 2.33. The number of hydrogen-bond donors (Lipinski definition) is 2. The van der Waals surface area contributed by atoms with Crippen LogP contribution < -0.4 is 11.3 Å². The van der Waals surface area contributed by atoms with Gasteiger partial charge in [0.15, 0.2) is 0 Å². The maximum atomic E-state index is 12.7. The van der Waals surface area contributed by atoms with Crippen LogP contribution in [0.4, 0.5) is 13.2 Å². The molecule has 0 aromatic heterocycles. The van der Waals surface area contributed by atoms with Crippen molar-refractivity contribution in [2.75, 3.05) is 6.61 Å². The maximum absolute atomic E-state index is 12.7. The Morgan fingerprint density at radius 2 is 2.16 bits per heavy atom. The smallest absolute Gasteiger partial charge is 0.373 e. The number of hydrogen-bond acceptors (Lipinski definition) is 3. The summed E-state index contributed by atoms with van der Waals surface area (Å²) < 4.78 is 43.8. The van der Waals surface area contributed by atoms with Gasteiger partial charge in [-0.1, -0.05) is 12.1 Å². The standard InChI is InChI=1S/C13H17F3N2O/c1-12(6-3-7-19-12)11(18-17)9-4-2-5-10(8-9)13(14,15)16/h2,4-5,8,11,18H,3,6-7,17H2,1H3. The lowest BCUT2D eigenvalue weighted by atomic mass is 9.87. The average molecular weight is 274 g/mol. The summed E-state index contributed by atoms with van der Waals surface area (Å²) in [5.74, 6) is 5.52. The molecule has 1 aliphatic heterocycles. The average Bonchev–Trinajstić information content (AvgIpc) is 2.77. The summed E-state index contributed by atoms with van der Waals surface area (Å²) in [7, 11) is 0. The highest BCUT2D eigenvalue weighted by molar-refractivity contribution is 5.29. The highest BCUT2D eigenvalue weighted by Gasteiger charge is 2.40. The Morgan fingerprint density at radius 1 is 1.42 bits per heavy atom. The molecule has 1 saturated heterocycles. The van der Waals surface area contributed by atoms with Crippen LogP contribution in [-0.2, 0) is 10.9 Å².